The highest BCUT2D eigenvalue weighted by molar-refractivity contribution is 8.00. The molecule has 0 bridgehead atoms. The molecule has 2 N–H and O–H groups in total. The molecule has 3 atom stereocenters. The van der Waals surface area contributed by atoms with Crippen molar-refractivity contribution < 1.29 is 37.0 Å². The quantitative estimate of drug-likeness (QED) is 0.222. The summed E-state index contributed by atoms with van der Waals surface area (Å²) in [6, 6.07) is 16.5. The minimum absolute atomic E-state index is 0.143. The number of nitrogens with one attached hydrogen (secondary N) is 2. The third-order valence-electron chi connectivity index (χ3n) is 7.61. The van der Waals surface area contributed by atoms with Gasteiger partial charge in [-0.15, -0.1) is 0 Å². The summed E-state index contributed by atoms with van der Waals surface area (Å²) in [6.45, 7) is 3.23. The Kier molecular flexibility index (Phi) is 8.42. The van der Waals surface area contributed by atoms with Crippen molar-refractivity contribution in [3.8, 4) is 11.5 Å². The number of imide groups is 1. The number of aryl methyl sites for hydroxylation is 1. The summed E-state index contributed by atoms with van der Waals surface area (Å²) in [4.78, 5) is 56.9. The van der Waals surface area contributed by atoms with Crippen molar-refractivity contribution in [3.05, 3.63) is 98.0 Å². The van der Waals surface area contributed by atoms with E-state index >= 15 is 0 Å². The molecule has 6 rings (SSSR count). The Hall–Kier alpha value is -4.56. The van der Waals surface area contributed by atoms with Crippen molar-refractivity contribution in [3.63, 3.8) is 0 Å². The number of alkyl halides is 3. The number of amides is 3. The average molecular weight is 670 g/mol. The number of fused-ring (bicyclic) bond motifs is 2. The lowest BCUT2D eigenvalue weighted by molar-refractivity contribution is -0.137. The molecule has 1 saturated heterocycles. The van der Waals surface area contributed by atoms with Gasteiger partial charge in [-0.3, -0.25) is 19.2 Å². The normalized spacial score (nSPS) is 19.1. The molecule has 2 aliphatic heterocycles. The maximum Gasteiger partial charge on any atom is 0.418 e. The van der Waals surface area contributed by atoms with Gasteiger partial charge in [-0.1, -0.05) is 59.0 Å². The molecular formula is C32H26F3N3O6S2. The van der Waals surface area contributed by atoms with Crippen molar-refractivity contribution in [2.45, 2.75) is 36.2 Å². The van der Waals surface area contributed by atoms with E-state index in [2.05, 4.69) is 10.3 Å². The number of nitrogens with zero attached hydrogens (tertiary/aromatic N) is 1. The maximum absolute atomic E-state index is 14.0. The number of anilines is 2. The molecule has 2 aliphatic rings. The van der Waals surface area contributed by atoms with Gasteiger partial charge in [0.1, 0.15) is 5.25 Å². The zero-order valence-electron chi connectivity index (χ0n) is 24.3. The summed E-state index contributed by atoms with van der Waals surface area (Å²) in [6.07, 6.45) is -4.66. The summed E-state index contributed by atoms with van der Waals surface area (Å²) >= 11 is 2.13. The van der Waals surface area contributed by atoms with E-state index in [1.54, 1.807) is 31.2 Å². The first-order valence-electron chi connectivity index (χ1n) is 14.2. The number of thioether (sulfide) groups is 1. The van der Waals surface area contributed by atoms with Gasteiger partial charge in [0.2, 0.25) is 11.8 Å². The Morgan fingerprint density at radius 1 is 0.978 bits per heavy atom. The van der Waals surface area contributed by atoms with Crippen molar-refractivity contribution in [2.75, 3.05) is 23.4 Å². The van der Waals surface area contributed by atoms with Gasteiger partial charge >= 0.3 is 11.0 Å². The summed E-state index contributed by atoms with van der Waals surface area (Å²) < 4.78 is 51.5. The molecule has 3 heterocycles. The molecular weight excluding hydrogens is 643 g/mol. The van der Waals surface area contributed by atoms with E-state index in [0.29, 0.717) is 21.2 Å². The third-order valence-corrected chi connectivity index (χ3v) is 10.0. The van der Waals surface area contributed by atoms with Gasteiger partial charge in [-0.25, -0.2) is 4.90 Å². The molecule has 0 unspecified atom stereocenters. The van der Waals surface area contributed by atoms with Gasteiger partial charge in [0.05, 0.1) is 34.5 Å². The standard InChI is InChI=1S/C32H26F3N3O6S2/c1-3-43-22-14-17(10-13-21(22)44-15-23(39)36-20-7-5-4-6-19(20)32(33,34)35)24-25-27(45-28-26(24)46-31(42)37-28)30(41)38(29(25)40)18-11-8-16(2)9-12-18/h4-14,24-25,27H,3,15H2,1-2H3,(H,36,39)(H,37,42)/t24-,25-,27+/m0/s1. The predicted octanol–water partition coefficient (Wildman–Crippen LogP) is 5.98. The van der Waals surface area contributed by atoms with Gasteiger partial charge in [0.15, 0.2) is 18.1 Å². The first-order chi connectivity index (χ1) is 22.0. The molecule has 1 aromatic heterocycles. The molecule has 0 aliphatic carbocycles. The summed E-state index contributed by atoms with van der Waals surface area (Å²) in [7, 11) is 0. The smallest absolute Gasteiger partial charge is 0.418 e. The number of aromatic nitrogens is 1. The SMILES string of the molecule is CCOc1cc([C@@H]2c3sc(=O)[nH]c3S[C@H]3C(=O)N(c4ccc(C)cc4)C(=O)[C@@H]23)ccc1OCC(=O)Nc1ccccc1C(F)(F)F. The zero-order valence-corrected chi connectivity index (χ0v) is 26.0. The molecule has 0 radical (unpaired) electrons. The number of aromatic amines is 1. The van der Waals surface area contributed by atoms with E-state index in [0.717, 1.165) is 40.8 Å². The Morgan fingerprint density at radius 3 is 2.43 bits per heavy atom. The fourth-order valence-corrected chi connectivity index (χ4v) is 8.11. The fourth-order valence-electron chi connectivity index (χ4n) is 5.60. The third kappa shape index (κ3) is 5.89. The lowest BCUT2D eigenvalue weighted by Gasteiger charge is -2.30. The minimum Gasteiger partial charge on any atom is -0.490 e. The Balaban J connectivity index is 1.29. The second-order valence-electron chi connectivity index (χ2n) is 10.6. The lowest BCUT2D eigenvalue weighted by atomic mass is 9.83. The number of ether oxygens (including phenoxy) is 2. The molecule has 0 saturated carbocycles. The molecule has 4 aromatic rings. The predicted molar refractivity (Wildman–Crippen MR) is 167 cm³/mol. The molecule has 46 heavy (non-hydrogen) atoms. The van der Waals surface area contributed by atoms with Crippen LogP contribution in [0.15, 0.2) is 76.6 Å². The fraction of sp³-hybridized carbons (Fsp3) is 0.250. The molecule has 0 spiro atoms. The van der Waals surface area contributed by atoms with Crippen LogP contribution in [0, 0.1) is 12.8 Å². The van der Waals surface area contributed by atoms with Gasteiger partial charge in [-0.05, 0) is 55.8 Å². The molecule has 14 heteroatoms. The first-order valence-corrected chi connectivity index (χ1v) is 15.9. The van der Waals surface area contributed by atoms with Gasteiger partial charge < -0.3 is 19.8 Å². The van der Waals surface area contributed by atoms with E-state index in [1.807, 2.05) is 19.1 Å². The van der Waals surface area contributed by atoms with Crippen LogP contribution in [0.1, 0.15) is 34.4 Å². The van der Waals surface area contributed by atoms with Gasteiger partial charge in [0, 0.05) is 10.8 Å². The number of hydrogen-bond donors (Lipinski definition) is 2. The minimum atomic E-state index is -4.66. The number of halogens is 3. The molecule has 1 fully saturated rings. The van der Waals surface area contributed by atoms with E-state index in [1.165, 1.54) is 23.1 Å². The van der Waals surface area contributed by atoms with Crippen LogP contribution in [0.4, 0.5) is 24.5 Å². The van der Waals surface area contributed by atoms with Gasteiger partial charge in [0.25, 0.3) is 5.91 Å². The van der Waals surface area contributed by atoms with Crippen LogP contribution >= 0.6 is 23.1 Å². The van der Waals surface area contributed by atoms with Crippen molar-refractivity contribution in [1.29, 1.82) is 0 Å². The molecule has 3 amide bonds. The summed E-state index contributed by atoms with van der Waals surface area (Å²) in [5, 5.41) is 1.97. The summed E-state index contributed by atoms with van der Waals surface area (Å²) in [5.41, 5.74) is 0.630. The largest absolute Gasteiger partial charge is 0.490 e. The second kappa shape index (κ2) is 12.3. The van der Waals surface area contributed by atoms with Crippen LogP contribution in [-0.4, -0.2) is 41.2 Å². The molecule has 9 nitrogen and oxygen atoms in total. The summed E-state index contributed by atoms with van der Waals surface area (Å²) in [5.74, 6) is -2.72. The molecule has 3 aromatic carbocycles. The number of H-pyrrole nitrogens is 1. The van der Waals surface area contributed by atoms with E-state index in [4.69, 9.17) is 9.47 Å². The number of para-hydroxylation sites is 1. The van der Waals surface area contributed by atoms with E-state index in [9.17, 15) is 32.3 Å². The van der Waals surface area contributed by atoms with Crippen LogP contribution in [0.5, 0.6) is 11.5 Å². The van der Waals surface area contributed by atoms with Gasteiger partial charge in [-0.2, -0.15) is 13.2 Å². The van der Waals surface area contributed by atoms with Crippen molar-refractivity contribution >= 4 is 52.2 Å². The number of rotatable bonds is 8. The number of hydrogen-bond acceptors (Lipinski definition) is 8. The molecule has 238 valence electrons. The Morgan fingerprint density at radius 2 is 1.72 bits per heavy atom. The highest BCUT2D eigenvalue weighted by Crippen LogP contribution is 2.53. The maximum atomic E-state index is 14.0. The van der Waals surface area contributed by atoms with Crippen LogP contribution < -0.4 is 24.6 Å². The number of carbonyl (C=O) groups excluding carboxylic acids is 3. The average Bonchev–Trinajstić information content (AvgIpc) is 3.50. The highest BCUT2D eigenvalue weighted by Gasteiger charge is 2.56. The first kappa shape index (κ1) is 31.4. The highest BCUT2D eigenvalue weighted by atomic mass is 32.2. The van der Waals surface area contributed by atoms with E-state index in [-0.39, 0.29) is 28.9 Å². The zero-order chi connectivity index (χ0) is 32.7. The number of benzene rings is 3. The van der Waals surface area contributed by atoms with Crippen molar-refractivity contribution in [2.24, 2.45) is 5.92 Å². The van der Waals surface area contributed by atoms with Crippen LogP contribution in [0.2, 0.25) is 0 Å². The second-order valence-corrected chi connectivity index (χ2v) is 12.8. The van der Waals surface area contributed by atoms with Crippen LogP contribution in [0.25, 0.3) is 0 Å². The van der Waals surface area contributed by atoms with Crippen LogP contribution in [0.3, 0.4) is 0 Å². The number of thiazole rings is 1. The topological polar surface area (TPSA) is 118 Å². The van der Waals surface area contributed by atoms with E-state index < -0.39 is 52.9 Å². The van der Waals surface area contributed by atoms with Crippen molar-refractivity contribution in [1.82, 2.24) is 4.98 Å². The van der Waals surface area contributed by atoms with Crippen LogP contribution in [-0.2, 0) is 20.6 Å². The lowest BCUT2D eigenvalue weighted by Crippen LogP contribution is -2.32. The Bertz CT molecular complexity index is 1890. The monoisotopic (exact) mass is 669 g/mol. The Labute approximate surface area is 268 Å². The number of carbonyl (C=O) groups is 3.